The molecule has 0 spiro atoms. The van der Waals surface area contributed by atoms with Crippen molar-refractivity contribution in [2.45, 2.75) is 182 Å². The van der Waals surface area contributed by atoms with Crippen LogP contribution in [0.3, 0.4) is 0 Å². The van der Waals surface area contributed by atoms with Gasteiger partial charge in [-0.3, -0.25) is 4.79 Å². The quantitative estimate of drug-likeness (QED) is 0.0470. The van der Waals surface area contributed by atoms with E-state index in [1.165, 1.54) is 0 Å². The van der Waals surface area contributed by atoms with Crippen LogP contribution in [0.2, 0.25) is 0 Å². The Labute approximate surface area is 309 Å². The van der Waals surface area contributed by atoms with Crippen LogP contribution in [0, 0.1) is 0 Å². The molecule has 0 radical (unpaired) electrons. The maximum atomic E-state index is 12.7. The maximum absolute atomic E-state index is 12.7. The van der Waals surface area contributed by atoms with Gasteiger partial charge in [0.25, 0.3) is 0 Å². The van der Waals surface area contributed by atoms with Crippen LogP contribution >= 0.6 is 0 Å². The van der Waals surface area contributed by atoms with Gasteiger partial charge in [0, 0.05) is 6.42 Å². The van der Waals surface area contributed by atoms with Gasteiger partial charge in [-0.1, -0.05) is 58.8 Å². The van der Waals surface area contributed by atoms with E-state index in [4.69, 9.17) is 28.4 Å². The number of amides is 1. The number of ether oxygens (including phenoxy) is 6. The first-order valence-electron chi connectivity index (χ1n) is 18.8. The van der Waals surface area contributed by atoms with E-state index in [-0.39, 0.29) is 18.9 Å². The first-order chi connectivity index (χ1) is 25.3. The molecule has 0 saturated carbocycles. The molecule has 3 saturated heterocycles. The monoisotopic (exact) mass is 773 g/mol. The Bertz CT molecular complexity index is 1030. The molecular formula is C34H63NO18. The average Bonchev–Trinajstić information content (AvgIpc) is 3.15. The normalized spacial score (nSPS) is 39.1. The summed E-state index contributed by atoms with van der Waals surface area (Å²) in [4.78, 5) is 12.7. The predicted molar refractivity (Wildman–Crippen MR) is 180 cm³/mol. The molecule has 19 heteroatoms. The summed E-state index contributed by atoms with van der Waals surface area (Å²) in [5.74, 6) is -0.272. The number of aliphatic hydroxyl groups is 11. The minimum atomic E-state index is -1.96. The van der Waals surface area contributed by atoms with E-state index in [0.29, 0.717) is 19.3 Å². The second-order valence-corrected chi connectivity index (χ2v) is 14.0. The van der Waals surface area contributed by atoms with Crippen molar-refractivity contribution in [3.8, 4) is 0 Å². The number of unbranched alkanes of at least 4 members (excludes halogenated alkanes) is 6. The van der Waals surface area contributed by atoms with E-state index in [1.807, 2.05) is 6.92 Å². The third kappa shape index (κ3) is 12.6. The van der Waals surface area contributed by atoms with Gasteiger partial charge in [-0.05, 0) is 12.8 Å². The summed E-state index contributed by atoms with van der Waals surface area (Å²) < 4.78 is 33.6. The van der Waals surface area contributed by atoms with Crippen molar-refractivity contribution in [2.75, 3.05) is 26.4 Å². The van der Waals surface area contributed by atoms with E-state index in [9.17, 15) is 61.0 Å². The summed E-state index contributed by atoms with van der Waals surface area (Å²) >= 11 is 0. The fourth-order valence-electron chi connectivity index (χ4n) is 6.60. The molecule has 12 N–H and O–H groups in total. The predicted octanol–water partition coefficient (Wildman–Crippen LogP) is -3.76. The van der Waals surface area contributed by atoms with Crippen molar-refractivity contribution in [2.24, 2.45) is 0 Å². The molecule has 53 heavy (non-hydrogen) atoms. The zero-order valence-corrected chi connectivity index (χ0v) is 30.5. The molecule has 0 aliphatic carbocycles. The molecule has 17 unspecified atom stereocenters. The van der Waals surface area contributed by atoms with Gasteiger partial charge in [0.1, 0.15) is 73.2 Å². The highest BCUT2D eigenvalue weighted by Crippen LogP contribution is 2.32. The lowest BCUT2D eigenvalue weighted by Gasteiger charge is -2.48. The lowest BCUT2D eigenvalue weighted by Crippen LogP contribution is -2.66. The maximum Gasteiger partial charge on any atom is 0.220 e. The molecular weight excluding hydrogens is 710 g/mol. The fourth-order valence-corrected chi connectivity index (χ4v) is 6.60. The van der Waals surface area contributed by atoms with E-state index >= 15 is 0 Å². The van der Waals surface area contributed by atoms with Gasteiger partial charge < -0.3 is 89.9 Å². The molecule has 17 atom stereocenters. The molecule has 3 aliphatic heterocycles. The van der Waals surface area contributed by atoms with Crippen molar-refractivity contribution < 1.29 is 89.4 Å². The van der Waals surface area contributed by atoms with Crippen LogP contribution in [0.1, 0.15) is 78.1 Å². The Morgan fingerprint density at radius 3 is 1.62 bits per heavy atom. The van der Waals surface area contributed by atoms with Crippen LogP contribution in [-0.2, 0) is 33.2 Å². The Balaban J connectivity index is 1.64. The van der Waals surface area contributed by atoms with Gasteiger partial charge in [0.05, 0.1) is 38.6 Å². The molecule has 19 nitrogen and oxygen atoms in total. The smallest absolute Gasteiger partial charge is 0.220 e. The zero-order valence-electron chi connectivity index (χ0n) is 30.5. The average molecular weight is 774 g/mol. The zero-order chi connectivity index (χ0) is 39.2. The van der Waals surface area contributed by atoms with E-state index < -0.39 is 124 Å². The highest BCUT2D eigenvalue weighted by atomic mass is 16.8. The van der Waals surface area contributed by atoms with Crippen LogP contribution in [0.4, 0.5) is 0 Å². The summed E-state index contributed by atoms with van der Waals surface area (Å²) in [7, 11) is 0. The summed E-state index contributed by atoms with van der Waals surface area (Å²) in [5, 5.41) is 118. The van der Waals surface area contributed by atoms with Crippen LogP contribution in [0.25, 0.3) is 0 Å². The van der Waals surface area contributed by atoms with Crippen molar-refractivity contribution in [1.29, 1.82) is 0 Å². The van der Waals surface area contributed by atoms with Crippen LogP contribution in [-0.4, -0.2) is 193 Å². The van der Waals surface area contributed by atoms with Gasteiger partial charge >= 0.3 is 0 Å². The van der Waals surface area contributed by atoms with Gasteiger partial charge in [-0.2, -0.15) is 0 Å². The molecule has 0 aromatic carbocycles. The number of hydrogen-bond acceptors (Lipinski definition) is 18. The Morgan fingerprint density at radius 1 is 0.604 bits per heavy atom. The fraction of sp³-hybridized carbons (Fsp3) is 0.971. The Kier molecular flexibility index (Phi) is 20.1. The lowest BCUT2D eigenvalue weighted by molar-refractivity contribution is -0.379. The van der Waals surface area contributed by atoms with Gasteiger partial charge in [0.2, 0.25) is 5.91 Å². The highest BCUT2D eigenvalue weighted by molar-refractivity contribution is 5.76. The Hall–Kier alpha value is -1.21. The third-order valence-electron chi connectivity index (χ3n) is 9.93. The number of carbonyl (C=O) groups is 1. The number of carbonyl (C=O) groups excluding carboxylic acids is 1. The minimum Gasteiger partial charge on any atom is -0.394 e. The first-order valence-corrected chi connectivity index (χ1v) is 18.8. The molecule has 3 heterocycles. The summed E-state index contributed by atoms with van der Waals surface area (Å²) in [6, 6.07) is -0.870. The largest absolute Gasteiger partial charge is 0.394 e. The van der Waals surface area contributed by atoms with E-state index in [0.717, 1.165) is 38.5 Å². The summed E-state index contributed by atoms with van der Waals surface area (Å²) in [5.41, 5.74) is 0. The molecule has 3 rings (SSSR count). The third-order valence-corrected chi connectivity index (χ3v) is 9.93. The summed E-state index contributed by atoms with van der Waals surface area (Å²) in [6.45, 7) is 1.41. The van der Waals surface area contributed by atoms with Crippen molar-refractivity contribution in [1.82, 2.24) is 5.32 Å². The SMILES string of the molecule is CCCCCCCC(=O)NC(COC1OC(CO)C(OC2OC(CO)C(OC3OC(CO)C(O)C(O)C3O)C(O)C2O)C(O)C1O)C(O)CCCCC. The lowest BCUT2D eigenvalue weighted by atomic mass is 9.96. The van der Waals surface area contributed by atoms with Gasteiger partial charge in [-0.25, -0.2) is 0 Å². The van der Waals surface area contributed by atoms with Crippen molar-refractivity contribution >= 4 is 5.91 Å². The minimum absolute atomic E-state index is 0.260. The molecule has 0 aromatic heterocycles. The van der Waals surface area contributed by atoms with Gasteiger partial charge in [0.15, 0.2) is 18.9 Å². The van der Waals surface area contributed by atoms with E-state index in [1.54, 1.807) is 0 Å². The molecule has 312 valence electrons. The van der Waals surface area contributed by atoms with Crippen LogP contribution in [0.15, 0.2) is 0 Å². The van der Waals surface area contributed by atoms with Crippen molar-refractivity contribution in [3.63, 3.8) is 0 Å². The highest BCUT2D eigenvalue weighted by Gasteiger charge is 2.53. The van der Waals surface area contributed by atoms with Gasteiger partial charge in [-0.15, -0.1) is 0 Å². The number of hydrogen-bond donors (Lipinski definition) is 12. The Morgan fingerprint density at radius 2 is 1.08 bits per heavy atom. The topological polar surface area (TPSA) is 307 Å². The molecule has 0 aromatic rings. The second-order valence-electron chi connectivity index (χ2n) is 14.0. The van der Waals surface area contributed by atoms with E-state index in [2.05, 4.69) is 12.2 Å². The van der Waals surface area contributed by atoms with Crippen LogP contribution < -0.4 is 5.32 Å². The van der Waals surface area contributed by atoms with Crippen LogP contribution in [0.5, 0.6) is 0 Å². The second kappa shape index (κ2) is 23.1. The molecule has 3 aliphatic rings. The number of rotatable bonds is 22. The first kappa shape index (κ1) is 46.2. The molecule has 3 fully saturated rings. The molecule has 1 amide bonds. The molecule has 0 bridgehead atoms. The number of nitrogens with one attached hydrogen (secondary N) is 1. The standard InChI is InChI=1S/C34H63NO18/c1-3-5-7-8-10-12-22(40)35-17(18(39)11-9-6-4-2)16-48-32-28(46)25(43)30(20(14-37)50-32)53-34-29(47)26(44)31(21(15-38)51-34)52-33-27(45)24(42)23(41)19(13-36)49-33/h17-21,23-34,36-39,41-47H,3-16H2,1-2H3,(H,35,40). The summed E-state index contributed by atoms with van der Waals surface area (Å²) in [6.07, 6.45) is -18.5. The van der Waals surface area contributed by atoms with Crippen molar-refractivity contribution in [3.05, 3.63) is 0 Å². The number of aliphatic hydroxyl groups excluding tert-OH is 11.